The zero-order chi connectivity index (χ0) is 35.7. The van der Waals surface area contributed by atoms with Crippen LogP contribution < -0.4 is 10.5 Å². The number of rotatable bonds is 13. The van der Waals surface area contributed by atoms with E-state index in [9.17, 15) is 23.1 Å². The van der Waals surface area contributed by atoms with Crippen LogP contribution in [0.1, 0.15) is 92.8 Å². The zero-order valence-corrected chi connectivity index (χ0v) is 31.4. The number of nitrogens with zero attached hydrogens (tertiary/aromatic N) is 3. The zero-order valence-electron chi connectivity index (χ0n) is 28.8. The largest absolute Gasteiger partial charge is 0.465 e. The number of carbonyl (C=O) groups is 2. The second kappa shape index (κ2) is 15.0. The third-order valence-electron chi connectivity index (χ3n) is 10.2. The predicted molar refractivity (Wildman–Crippen MR) is 191 cm³/mol. The first-order valence-corrected chi connectivity index (χ1v) is 21.2. The Hall–Kier alpha value is -3.21. The van der Waals surface area contributed by atoms with Crippen molar-refractivity contribution >= 4 is 47.7 Å². The summed E-state index contributed by atoms with van der Waals surface area (Å²) >= 11 is 1.46. The fourth-order valence-electron chi connectivity index (χ4n) is 8.20. The first-order valence-electron chi connectivity index (χ1n) is 16.7. The molecule has 1 fully saturated rings. The van der Waals surface area contributed by atoms with E-state index >= 15 is 0 Å². The number of anilines is 1. The van der Waals surface area contributed by atoms with E-state index in [1.165, 1.54) is 28.8 Å². The van der Waals surface area contributed by atoms with Gasteiger partial charge < -0.3 is 14.8 Å². The number of Topliss-reactive ketones (excluding diaryl/α,β-unsaturated/α-hetero) is 1. The number of fused-ring (bicyclic) bond motifs is 1. The van der Waals surface area contributed by atoms with Crippen LogP contribution in [0.5, 0.6) is 0 Å². The van der Waals surface area contributed by atoms with Gasteiger partial charge in [0, 0.05) is 23.0 Å². The summed E-state index contributed by atoms with van der Waals surface area (Å²) in [4.78, 5) is 38.2. The number of carboxylic acid groups (broad SMARTS) is 1. The van der Waals surface area contributed by atoms with Crippen LogP contribution in [0.15, 0.2) is 54.3 Å². The molecular weight excluding hydrogens is 683 g/mol. The highest BCUT2D eigenvalue weighted by Crippen LogP contribution is 2.47. The molecule has 3 heterocycles. The number of benzene rings is 1. The van der Waals surface area contributed by atoms with Crippen LogP contribution in [0.2, 0.25) is 16.6 Å². The normalized spacial score (nSPS) is 22.9. The van der Waals surface area contributed by atoms with E-state index in [0.29, 0.717) is 41.4 Å². The van der Waals surface area contributed by atoms with Gasteiger partial charge in [0.1, 0.15) is 18.2 Å². The summed E-state index contributed by atoms with van der Waals surface area (Å²) in [5, 5.41) is 21.1. The molecule has 3 aromatic rings. The molecule has 1 aromatic carbocycles. The van der Waals surface area contributed by atoms with E-state index in [0.717, 1.165) is 10.4 Å². The molecule has 1 saturated carbocycles. The van der Waals surface area contributed by atoms with Gasteiger partial charge in [-0.3, -0.25) is 13.9 Å². The maximum Gasteiger partial charge on any atom is 0.408 e. The Morgan fingerprint density at radius 1 is 1.08 bits per heavy atom. The summed E-state index contributed by atoms with van der Waals surface area (Å²) < 4.78 is 35.9. The first kappa shape index (κ1) is 37.1. The molecule has 5 atom stereocenters. The number of hydrogen-bond donors (Lipinski definition) is 3. The molecule has 5 rings (SSSR count). The molecule has 0 bridgehead atoms. The SMILES string of the molecule is CC(C)[Si](O[C@H]1C[C@H](Nc2ncncc2C(=O)[C@@H]2c3ccccc3CC(c3cccs3)N2C(=O)O)C[C@@H]1COS(N)(=O)=O)(C(C)C)C(C)C. The number of carbonyl (C=O) groups excluding carboxylic acids is 1. The molecule has 0 spiro atoms. The summed E-state index contributed by atoms with van der Waals surface area (Å²) in [6.07, 6.45) is 2.69. The molecule has 1 aliphatic carbocycles. The number of aromatic nitrogens is 2. The van der Waals surface area contributed by atoms with Crippen molar-refractivity contribution in [2.24, 2.45) is 11.1 Å². The van der Waals surface area contributed by atoms with Crippen LogP contribution >= 0.6 is 11.3 Å². The van der Waals surface area contributed by atoms with Crippen LogP contribution in [-0.4, -0.2) is 67.3 Å². The standard InChI is InChI=1S/C34H47N5O7S2Si/c1-20(2)49(21(3)4,22(5)6)46-29-16-25(14-24(29)18-45-48(35,43)44)38-33-27(17-36-19-37-33)32(40)31-26-11-8-7-10-23(26)15-28(39(31)34(41)42)30-12-9-13-47-30/h7-13,17,19-22,24-25,28-29,31H,14-16,18H2,1-6H3,(H,41,42)(H2,35,43,44)(H,36,37,38)/t24-,25-,28?,29+,31+/m1/s1. The second-order valence-corrected chi connectivity index (χ2v) is 21.6. The van der Waals surface area contributed by atoms with Crippen LogP contribution in [0.25, 0.3) is 0 Å². The van der Waals surface area contributed by atoms with Crippen molar-refractivity contribution in [1.82, 2.24) is 14.9 Å². The van der Waals surface area contributed by atoms with Crippen molar-refractivity contribution in [3.63, 3.8) is 0 Å². The van der Waals surface area contributed by atoms with Crippen molar-refractivity contribution in [2.45, 2.75) is 102 Å². The van der Waals surface area contributed by atoms with Gasteiger partial charge in [-0.1, -0.05) is 71.9 Å². The van der Waals surface area contributed by atoms with Crippen LogP contribution in [0.3, 0.4) is 0 Å². The average molecular weight is 730 g/mol. The molecule has 12 nitrogen and oxygen atoms in total. The number of ketones is 1. The number of hydrogen-bond acceptors (Lipinski definition) is 10. The fourth-order valence-corrected chi connectivity index (χ4v) is 15.0. The van der Waals surface area contributed by atoms with Gasteiger partial charge in [0.2, 0.25) is 8.32 Å². The number of thiophene rings is 1. The van der Waals surface area contributed by atoms with E-state index in [2.05, 4.69) is 56.8 Å². The first-order chi connectivity index (χ1) is 23.1. The van der Waals surface area contributed by atoms with Crippen molar-refractivity contribution < 1.29 is 31.7 Å². The highest BCUT2D eigenvalue weighted by Gasteiger charge is 2.50. The lowest BCUT2D eigenvalue weighted by Crippen LogP contribution is -2.51. The molecule has 0 radical (unpaired) electrons. The maximum absolute atomic E-state index is 14.6. The van der Waals surface area contributed by atoms with Crippen molar-refractivity contribution in [3.05, 3.63) is 75.9 Å². The Labute approximate surface area is 293 Å². The quantitative estimate of drug-likeness (QED) is 0.127. The van der Waals surface area contributed by atoms with Gasteiger partial charge in [0.05, 0.1) is 24.3 Å². The molecule has 1 aliphatic heterocycles. The Morgan fingerprint density at radius 2 is 1.78 bits per heavy atom. The predicted octanol–water partition coefficient (Wildman–Crippen LogP) is 6.71. The Morgan fingerprint density at radius 3 is 2.39 bits per heavy atom. The number of nitrogens with one attached hydrogen (secondary N) is 1. The van der Waals surface area contributed by atoms with Crippen LogP contribution in [-0.2, 0) is 25.3 Å². The minimum absolute atomic E-state index is 0.132. The van der Waals surface area contributed by atoms with E-state index in [4.69, 9.17) is 13.7 Å². The number of nitrogens with two attached hydrogens (primary N) is 1. The van der Waals surface area contributed by atoms with Gasteiger partial charge in [-0.25, -0.2) is 19.9 Å². The molecule has 1 amide bonds. The minimum Gasteiger partial charge on any atom is -0.465 e. The topological polar surface area (TPSA) is 174 Å². The number of amides is 1. The van der Waals surface area contributed by atoms with Crippen LogP contribution in [0, 0.1) is 5.92 Å². The monoisotopic (exact) mass is 729 g/mol. The highest BCUT2D eigenvalue weighted by atomic mass is 32.2. The molecule has 2 aliphatic rings. The van der Waals surface area contributed by atoms with Gasteiger partial charge >= 0.3 is 16.4 Å². The molecular formula is C34H47N5O7S2Si. The van der Waals surface area contributed by atoms with Crippen molar-refractivity contribution in [2.75, 3.05) is 11.9 Å². The Kier molecular flexibility index (Phi) is 11.3. The highest BCUT2D eigenvalue weighted by molar-refractivity contribution is 7.84. The van der Waals surface area contributed by atoms with Gasteiger partial charge in [0.25, 0.3) is 0 Å². The van der Waals surface area contributed by atoms with Crippen molar-refractivity contribution in [3.8, 4) is 0 Å². The lowest BCUT2D eigenvalue weighted by atomic mass is 9.84. The molecule has 2 aromatic heterocycles. The third-order valence-corrected chi connectivity index (χ3v) is 17.7. The fraction of sp³-hybridized carbons (Fsp3) is 0.529. The Balaban J connectivity index is 1.47. The summed E-state index contributed by atoms with van der Waals surface area (Å²) in [7, 11) is -6.54. The molecule has 0 saturated heterocycles. The minimum atomic E-state index is -4.17. The molecule has 266 valence electrons. The van der Waals surface area contributed by atoms with E-state index in [1.54, 1.807) is 6.07 Å². The molecule has 15 heteroatoms. The van der Waals surface area contributed by atoms with E-state index in [1.807, 2.05) is 35.7 Å². The van der Waals surface area contributed by atoms with Gasteiger partial charge in [0.15, 0.2) is 5.78 Å². The van der Waals surface area contributed by atoms with E-state index < -0.39 is 42.6 Å². The Bertz CT molecular complexity index is 1720. The maximum atomic E-state index is 14.6. The lowest BCUT2D eigenvalue weighted by Gasteiger charge is -2.45. The van der Waals surface area contributed by atoms with Gasteiger partial charge in [-0.2, -0.15) is 8.42 Å². The summed E-state index contributed by atoms with van der Waals surface area (Å²) in [5.41, 5.74) is 2.61. The van der Waals surface area contributed by atoms with Gasteiger partial charge in [-0.05, 0) is 58.5 Å². The second-order valence-electron chi connectivity index (χ2n) is 14.0. The van der Waals surface area contributed by atoms with Crippen LogP contribution in [0.4, 0.5) is 10.6 Å². The van der Waals surface area contributed by atoms with Crippen molar-refractivity contribution in [1.29, 1.82) is 0 Å². The van der Waals surface area contributed by atoms with Gasteiger partial charge in [-0.15, -0.1) is 11.3 Å². The average Bonchev–Trinajstić information content (AvgIpc) is 3.71. The smallest absolute Gasteiger partial charge is 0.408 e. The molecule has 4 N–H and O–H groups in total. The summed E-state index contributed by atoms with van der Waals surface area (Å²) in [6, 6.07) is 9.29. The summed E-state index contributed by atoms with van der Waals surface area (Å²) in [6.45, 7) is 13.0. The lowest BCUT2D eigenvalue weighted by molar-refractivity contribution is 0.0652. The third kappa shape index (κ3) is 7.76. The molecule has 49 heavy (non-hydrogen) atoms. The molecule has 1 unspecified atom stereocenters. The summed E-state index contributed by atoms with van der Waals surface area (Å²) in [5.74, 6) is -0.456. The van der Waals surface area contributed by atoms with E-state index in [-0.39, 0.29) is 36.1 Å².